The molecule has 0 aliphatic carbocycles. The topological polar surface area (TPSA) is 74.7 Å². The third kappa shape index (κ3) is 4.28. The van der Waals surface area contributed by atoms with Gasteiger partial charge in [0.2, 0.25) is 5.88 Å². The fourth-order valence-corrected chi connectivity index (χ4v) is 3.42. The number of benzene rings is 1. The van der Waals surface area contributed by atoms with Crippen molar-refractivity contribution in [2.75, 3.05) is 19.7 Å². The molecule has 2 aromatic rings. The van der Waals surface area contributed by atoms with Crippen molar-refractivity contribution in [2.24, 2.45) is 11.3 Å². The van der Waals surface area contributed by atoms with Gasteiger partial charge in [-0.15, -0.1) is 0 Å². The van der Waals surface area contributed by atoms with Gasteiger partial charge in [-0.1, -0.05) is 26.0 Å². The van der Waals surface area contributed by atoms with Gasteiger partial charge in [0.05, 0.1) is 6.61 Å². The number of likely N-dealkylation sites (tertiary alicyclic amines) is 1. The molecule has 1 fully saturated rings. The maximum Gasteiger partial charge on any atom is 0.317 e. The van der Waals surface area contributed by atoms with E-state index in [0.717, 1.165) is 22.4 Å². The Labute approximate surface area is 166 Å². The Morgan fingerprint density at radius 1 is 1.39 bits per heavy atom. The van der Waals surface area contributed by atoms with E-state index in [-0.39, 0.29) is 24.0 Å². The van der Waals surface area contributed by atoms with E-state index in [1.54, 1.807) is 11.1 Å². The molecule has 6 nitrogen and oxygen atoms in total. The molecular weight excluding hydrogens is 354 g/mol. The maximum atomic E-state index is 12.5. The summed E-state index contributed by atoms with van der Waals surface area (Å²) >= 11 is 0. The summed E-state index contributed by atoms with van der Waals surface area (Å²) in [6.45, 7) is 9.85. The van der Waals surface area contributed by atoms with Crippen LogP contribution < -0.4 is 10.1 Å². The first-order chi connectivity index (χ1) is 13.3. The van der Waals surface area contributed by atoms with Gasteiger partial charge < -0.3 is 20.1 Å². The van der Waals surface area contributed by atoms with Crippen molar-refractivity contribution in [2.45, 2.75) is 34.2 Å². The van der Waals surface area contributed by atoms with Gasteiger partial charge in [-0.25, -0.2) is 9.78 Å². The first kappa shape index (κ1) is 20.1. The quantitative estimate of drug-likeness (QED) is 0.826. The monoisotopic (exact) mass is 383 g/mol. The summed E-state index contributed by atoms with van der Waals surface area (Å²) in [6.07, 6.45) is 1.68. The van der Waals surface area contributed by atoms with Gasteiger partial charge in [-0.2, -0.15) is 0 Å². The molecule has 2 unspecified atom stereocenters. The van der Waals surface area contributed by atoms with E-state index >= 15 is 0 Å². The second-order valence-corrected chi connectivity index (χ2v) is 8.05. The molecule has 28 heavy (non-hydrogen) atoms. The number of aliphatic hydroxyl groups is 1. The minimum absolute atomic E-state index is 0.0847. The van der Waals surface area contributed by atoms with E-state index in [1.807, 2.05) is 51.1 Å². The maximum absolute atomic E-state index is 12.5. The molecule has 2 amide bonds. The summed E-state index contributed by atoms with van der Waals surface area (Å²) in [4.78, 5) is 18.6. The Balaban J connectivity index is 1.61. The minimum Gasteiger partial charge on any atom is -0.439 e. The van der Waals surface area contributed by atoms with Crippen LogP contribution in [-0.4, -0.2) is 40.7 Å². The number of hydrogen-bond donors (Lipinski definition) is 2. The van der Waals surface area contributed by atoms with Crippen molar-refractivity contribution in [3.05, 3.63) is 53.2 Å². The molecule has 6 heteroatoms. The van der Waals surface area contributed by atoms with E-state index in [2.05, 4.69) is 17.2 Å². The number of aromatic nitrogens is 1. The van der Waals surface area contributed by atoms with Gasteiger partial charge in [-0.3, -0.25) is 0 Å². The average Bonchev–Trinajstić information content (AvgIpc) is 2.99. The fraction of sp³-hybridized carbons (Fsp3) is 0.455. The first-order valence-electron chi connectivity index (χ1n) is 9.65. The number of rotatable bonds is 5. The predicted molar refractivity (Wildman–Crippen MR) is 108 cm³/mol. The van der Waals surface area contributed by atoms with Crippen molar-refractivity contribution >= 4 is 6.03 Å². The number of ether oxygens (including phenoxy) is 1. The van der Waals surface area contributed by atoms with E-state index in [0.29, 0.717) is 25.5 Å². The van der Waals surface area contributed by atoms with E-state index in [1.165, 1.54) is 0 Å². The number of carbonyl (C=O) groups is 1. The van der Waals surface area contributed by atoms with Crippen LogP contribution in [0.3, 0.4) is 0 Å². The molecule has 0 radical (unpaired) electrons. The van der Waals surface area contributed by atoms with Crippen LogP contribution in [0, 0.1) is 25.2 Å². The molecule has 150 valence electrons. The van der Waals surface area contributed by atoms with Crippen molar-refractivity contribution < 1.29 is 14.6 Å². The van der Waals surface area contributed by atoms with Crippen LogP contribution in [0.25, 0.3) is 0 Å². The molecular formula is C22H29N3O3. The number of urea groups is 1. The second-order valence-electron chi connectivity index (χ2n) is 8.05. The van der Waals surface area contributed by atoms with Crippen LogP contribution in [0.5, 0.6) is 11.6 Å². The molecule has 3 rings (SSSR count). The van der Waals surface area contributed by atoms with Crippen LogP contribution in [-0.2, 0) is 6.54 Å². The van der Waals surface area contributed by atoms with E-state index in [9.17, 15) is 9.90 Å². The van der Waals surface area contributed by atoms with Crippen LogP contribution >= 0.6 is 0 Å². The smallest absolute Gasteiger partial charge is 0.317 e. The van der Waals surface area contributed by atoms with Crippen LogP contribution in [0.1, 0.15) is 30.5 Å². The lowest BCUT2D eigenvalue weighted by molar-refractivity contribution is 0.119. The van der Waals surface area contributed by atoms with Crippen molar-refractivity contribution in [1.82, 2.24) is 15.2 Å². The third-order valence-corrected chi connectivity index (χ3v) is 5.90. The van der Waals surface area contributed by atoms with Crippen molar-refractivity contribution in [3.63, 3.8) is 0 Å². The molecule has 0 bridgehead atoms. The fourth-order valence-electron chi connectivity index (χ4n) is 3.42. The predicted octanol–water partition coefficient (Wildman–Crippen LogP) is 3.65. The van der Waals surface area contributed by atoms with Crippen molar-refractivity contribution in [3.8, 4) is 11.6 Å². The number of hydrogen-bond acceptors (Lipinski definition) is 4. The lowest BCUT2D eigenvalue weighted by Crippen LogP contribution is -2.39. The van der Waals surface area contributed by atoms with Crippen LogP contribution in [0.4, 0.5) is 4.79 Å². The van der Waals surface area contributed by atoms with Crippen LogP contribution in [0.15, 0.2) is 36.5 Å². The Morgan fingerprint density at radius 3 is 2.89 bits per heavy atom. The summed E-state index contributed by atoms with van der Waals surface area (Å²) in [6, 6.07) is 9.51. The Hall–Kier alpha value is -2.60. The highest BCUT2D eigenvalue weighted by Crippen LogP contribution is 2.34. The average molecular weight is 383 g/mol. The summed E-state index contributed by atoms with van der Waals surface area (Å²) in [5.74, 6) is 1.55. The minimum atomic E-state index is -0.235. The summed E-state index contributed by atoms with van der Waals surface area (Å²) in [5.41, 5.74) is 2.93. The molecule has 0 saturated carbocycles. The van der Waals surface area contributed by atoms with Gasteiger partial charge in [0, 0.05) is 37.3 Å². The number of aryl methyl sites for hydroxylation is 1. The molecule has 0 spiro atoms. The Morgan fingerprint density at radius 2 is 2.18 bits per heavy atom. The molecule has 2 atom stereocenters. The van der Waals surface area contributed by atoms with Gasteiger partial charge in [0.25, 0.3) is 0 Å². The number of amides is 2. The Kier molecular flexibility index (Phi) is 5.89. The summed E-state index contributed by atoms with van der Waals surface area (Å²) < 4.78 is 5.93. The normalized spacial score (nSPS) is 21.6. The Bertz CT molecular complexity index is 855. The van der Waals surface area contributed by atoms with E-state index in [4.69, 9.17) is 4.74 Å². The lowest BCUT2D eigenvalue weighted by atomic mass is 9.82. The SMILES string of the molecule is Cc1cccc(Oc2cc(CNC(=O)N3CC(C)C(C)(CO)C3)ccn2)c1C. The second kappa shape index (κ2) is 8.19. The molecule has 1 aliphatic rings. The van der Waals surface area contributed by atoms with Gasteiger partial charge in [0.15, 0.2) is 0 Å². The highest BCUT2D eigenvalue weighted by molar-refractivity contribution is 5.74. The molecule has 1 aliphatic heterocycles. The highest BCUT2D eigenvalue weighted by atomic mass is 16.5. The van der Waals surface area contributed by atoms with Crippen LogP contribution in [0.2, 0.25) is 0 Å². The molecule has 1 saturated heterocycles. The lowest BCUT2D eigenvalue weighted by Gasteiger charge is -2.25. The first-order valence-corrected chi connectivity index (χ1v) is 9.65. The van der Waals surface area contributed by atoms with Gasteiger partial charge >= 0.3 is 6.03 Å². The zero-order chi connectivity index (χ0) is 20.3. The van der Waals surface area contributed by atoms with Gasteiger partial charge in [0.1, 0.15) is 5.75 Å². The zero-order valence-electron chi connectivity index (χ0n) is 17.0. The molecule has 1 aromatic heterocycles. The molecule has 1 aromatic carbocycles. The summed E-state index contributed by atoms with van der Waals surface area (Å²) in [7, 11) is 0. The number of aliphatic hydroxyl groups excluding tert-OH is 1. The highest BCUT2D eigenvalue weighted by Gasteiger charge is 2.41. The molecule has 2 heterocycles. The number of nitrogens with one attached hydrogen (secondary N) is 1. The number of carbonyl (C=O) groups excluding carboxylic acids is 1. The van der Waals surface area contributed by atoms with Crippen molar-refractivity contribution in [1.29, 1.82) is 0 Å². The standard InChI is InChI=1S/C22H29N3O3/c1-15-6-5-7-19(17(15)3)28-20-10-18(8-9-23-20)11-24-21(27)25-12-16(2)22(4,13-25)14-26/h5-10,16,26H,11-14H2,1-4H3,(H,24,27). The van der Waals surface area contributed by atoms with Gasteiger partial charge in [-0.05, 0) is 48.6 Å². The van der Waals surface area contributed by atoms with E-state index < -0.39 is 0 Å². The largest absolute Gasteiger partial charge is 0.439 e. The number of pyridine rings is 1. The molecule has 2 N–H and O–H groups in total. The number of nitrogens with zero attached hydrogens (tertiary/aromatic N) is 2. The summed E-state index contributed by atoms with van der Waals surface area (Å²) in [5, 5.41) is 12.6. The third-order valence-electron chi connectivity index (χ3n) is 5.90. The zero-order valence-corrected chi connectivity index (χ0v) is 17.0.